The zero-order valence-electron chi connectivity index (χ0n) is 10.1. The van der Waals surface area contributed by atoms with Crippen LogP contribution >= 0.6 is 0 Å². The highest BCUT2D eigenvalue weighted by molar-refractivity contribution is 5.92. The summed E-state index contributed by atoms with van der Waals surface area (Å²) in [4.78, 5) is 13.4. The molecule has 1 rings (SSSR count). The Balaban J connectivity index is 2.65. The number of anilines is 1. The van der Waals surface area contributed by atoms with Gasteiger partial charge in [-0.1, -0.05) is 6.07 Å². The second-order valence-electron chi connectivity index (χ2n) is 3.71. The number of amides is 1. The first kappa shape index (κ1) is 13.2. The molecule has 0 radical (unpaired) electrons. The molecule has 4 heteroatoms. The molecule has 17 heavy (non-hydrogen) atoms. The number of nitrogens with zero attached hydrogens (tertiary/aromatic N) is 2. The lowest BCUT2D eigenvalue weighted by Crippen LogP contribution is -2.26. The number of methoxy groups -OCH3 is 1. The van der Waals surface area contributed by atoms with Crippen molar-refractivity contribution in [1.82, 2.24) is 0 Å². The smallest absolute Gasteiger partial charge is 0.226 e. The zero-order valence-corrected chi connectivity index (χ0v) is 10.1. The average Bonchev–Trinajstić information content (AvgIpc) is 2.38. The lowest BCUT2D eigenvalue weighted by molar-refractivity contribution is -0.118. The fourth-order valence-electron chi connectivity index (χ4n) is 1.46. The van der Waals surface area contributed by atoms with Crippen molar-refractivity contribution >= 4 is 11.6 Å². The van der Waals surface area contributed by atoms with Gasteiger partial charge in [-0.25, -0.2) is 0 Å². The van der Waals surface area contributed by atoms with Gasteiger partial charge in [0.25, 0.3) is 0 Å². The number of ether oxygens (including phenoxy) is 1. The highest BCUT2D eigenvalue weighted by Gasteiger charge is 2.10. The van der Waals surface area contributed by atoms with Crippen LogP contribution in [0.2, 0.25) is 0 Å². The van der Waals surface area contributed by atoms with Crippen LogP contribution in [0.15, 0.2) is 24.3 Å². The van der Waals surface area contributed by atoms with Crippen molar-refractivity contribution in [2.24, 2.45) is 0 Å². The summed E-state index contributed by atoms with van der Waals surface area (Å²) >= 11 is 0. The first-order valence-electron chi connectivity index (χ1n) is 5.44. The molecule has 0 N–H and O–H groups in total. The third kappa shape index (κ3) is 3.89. The number of carbonyl (C=O) groups excluding carboxylic acids is 1. The molecule has 0 aliphatic carbocycles. The molecule has 0 bridgehead atoms. The minimum atomic E-state index is 0.0251. The highest BCUT2D eigenvalue weighted by Crippen LogP contribution is 2.15. The minimum Gasteiger partial charge on any atom is -0.385 e. The molecule has 1 aromatic carbocycles. The summed E-state index contributed by atoms with van der Waals surface area (Å²) < 4.78 is 4.90. The van der Waals surface area contributed by atoms with E-state index in [2.05, 4.69) is 6.07 Å². The fourth-order valence-corrected chi connectivity index (χ4v) is 1.46. The van der Waals surface area contributed by atoms with Crippen molar-refractivity contribution in [3.05, 3.63) is 29.8 Å². The normalized spacial score (nSPS) is 9.71. The number of benzene rings is 1. The van der Waals surface area contributed by atoms with Crippen LogP contribution in [0.3, 0.4) is 0 Å². The van der Waals surface area contributed by atoms with E-state index in [4.69, 9.17) is 10.00 Å². The predicted octanol–water partition coefficient (Wildman–Crippen LogP) is 1.95. The average molecular weight is 232 g/mol. The van der Waals surface area contributed by atoms with Gasteiger partial charge >= 0.3 is 0 Å². The molecular weight excluding hydrogens is 216 g/mol. The first-order valence-corrected chi connectivity index (χ1v) is 5.44. The summed E-state index contributed by atoms with van der Waals surface area (Å²) in [5, 5.41) is 8.79. The van der Waals surface area contributed by atoms with Crippen molar-refractivity contribution < 1.29 is 9.53 Å². The molecule has 0 atom stereocenters. The molecule has 1 amide bonds. The van der Waals surface area contributed by atoms with E-state index in [1.807, 2.05) is 6.07 Å². The van der Waals surface area contributed by atoms with Gasteiger partial charge in [0, 0.05) is 32.9 Å². The number of hydrogen-bond acceptors (Lipinski definition) is 3. The molecule has 0 saturated heterocycles. The highest BCUT2D eigenvalue weighted by atomic mass is 16.5. The molecule has 4 nitrogen and oxygen atoms in total. The van der Waals surface area contributed by atoms with Gasteiger partial charge in [-0.05, 0) is 24.6 Å². The maximum atomic E-state index is 11.8. The second-order valence-corrected chi connectivity index (χ2v) is 3.71. The summed E-state index contributed by atoms with van der Waals surface area (Å²) in [6.45, 7) is 0.581. The lowest BCUT2D eigenvalue weighted by atomic mass is 10.2. The summed E-state index contributed by atoms with van der Waals surface area (Å²) in [5.41, 5.74) is 1.30. The largest absolute Gasteiger partial charge is 0.385 e. The van der Waals surface area contributed by atoms with Crippen LogP contribution in [0.4, 0.5) is 5.69 Å². The molecule has 1 aromatic rings. The molecule has 0 aliphatic rings. The van der Waals surface area contributed by atoms with Crippen LogP contribution in [0, 0.1) is 11.3 Å². The maximum absolute atomic E-state index is 11.8. The van der Waals surface area contributed by atoms with Crippen molar-refractivity contribution in [2.45, 2.75) is 12.8 Å². The second kappa shape index (κ2) is 6.66. The van der Waals surface area contributed by atoms with Gasteiger partial charge in [-0.15, -0.1) is 0 Å². The van der Waals surface area contributed by atoms with E-state index >= 15 is 0 Å². The zero-order chi connectivity index (χ0) is 12.7. The van der Waals surface area contributed by atoms with Crippen LogP contribution in [0.25, 0.3) is 0 Å². The van der Waals surface area contributed by atoms with Crippen LogP contribution in [0.5, 0.6) is 0 Å². The Hall–Kier alpha value is -1.86. The maximum Gasteiger partial charge on any atom is 0.226 e. The Morgan fingerprint density at radius 2 is 2.29 bits per heavy atom. The molecule has 0 heterocycles. The van der Waals surface area contributed by atoms with E-state index in [9.17, 15) is 4.79 Å². The molecule has 0 aliphatic heterocycles. The van der Waals surface area contributed by atoms with Crippen LogP contribution in [-0.2, 0) is 9.53 Å². The molecule has 90 valence electrons. The molecule has 0 spiro atoms. The van der Waals surface area contributed by atoms with Gasteiger partial charge in [0.05, 0.1) is 11.6 Å². The fraction of sp³-hybridized carbons (Fsp3) is 0.385. The van der Waals surface area contributed by atoms with Gasteiger partial charge in [0.2, 0.25) is 5.91 Å². The molecule has 0 saturated carbocycles. The van der Waals surface area contributed by atoms with E-state index in [1.54, 1.807) is 37.3 Å². The predicted molar refractivity (Wildman–Crippen MR) is 65.7 cm³/mol. The summed E-state index contributed by atoms with van der Waals surface area (Å²) in [7, 11) is 3.33. The third-order valence-corrected chi connectivity index (χ3v) is 2.48. The number of nitriles is 1. The SMILES string of the molecule is COCCCC(=O)N(C)c1cccc(C#N)c1. The van der Waals surface area contributed by atoms with Crippen molar-refractivity contribution in [3.8, 4) is 6.07 Å². The Labute approximate surface area is 101 Å². The minimum absolute atomic E-state index is 0.0251. The standard InChI is InChI=1S/C13H16N2O2/c1-15(13(16)7-4-8-17-2)12-6-3-5-11(9-12)10-14/h3,5-6,9H,4,7-8H2,1-2H3. The van der Waals surface area contributed by atoms with Crippen LogP contribution < -0.4 is 4.90 Å². The van der Waals surface area contributed by atoms with Gasteiger partial charge in [0.15, 0.2) is 0 Å². The topological polar surface area (TPSA) is 53.3 Å². The molecule has 0 unspecified atom stereocenters. The quantitative estimate of drug-likeness (QED) is 0.729. The molecular formula is C13H16N2O2. The third-order valence-electron chi connectivity index (χ3n) is 2.48. The summed E-state index contributed by atoms with van der Waals surface area (Å²) in [5.74, 6) is 0.0251. The number of rotatable bonds is 5. The lowest BCUT2D eigenvalue weighted by Gasteiger charge is -2.17. The van der Waals surface area contributed by atoms with E-state index < -0.39 is 0 Å². The van der Waals surface area contributed by atoms with Crippen LogP contribution in [0.1, 0.15) is 18.4 Å². The van der Waals surface area contributed by atoms with Gasteiger partial charge in [-0.2, -0.15) is 5.26 Å². The summed E-state index contributed by atoms with van der Waals surface area (Å²) in [6.07, 6.45) is 1.15. The van der Waals surface area contributed by atoms with E-state index in [0.29, 0.717) is 25.0 Å². The Morgan fingerprint density at radius 1 is 1.53 bits per heavy atom. The first-order chi connectivity index (χ1) is 8.19. The monoisotopic (exact) mass is 232 g/mol. The molecule has 0 aromatic heterocycles. The van der Waals surface area contributed by atoms with E-state index in [-0.39, 0.29) is 5.91 Å². The number of carbonyl (C=O) groups is 1. The summed E-state index contributed by atoms with van der Waals surface area (Å²) in [6, 6.07) is 9.06. The van der Waals surface area contributed by atoms with Gasteiger partial charge in [0.1, 0.15) is 0 Å². The molecule has 0 fully saturated rings. The van der Waals surface area contributed by atoms with Crippen molar-refractivity contribution in [1.29, 1.82) is 5.26 Å². The van der Waals surface area contributed by atoms with E-state index in [1.165, 1.54) is 0 Å². The van der Waals surface area contributed by atoms with Gasteiger partial charge in [-0.3, -0.25) is 4.79 Å². The van der Waals surface area contributed by atoms with Crippen molar-refractivity contribution in [2.75, 3.05) is 25.7 Å². The number of hydrogen-bond donors (Lipinski definition) is 0. The van der Waals surface area contributed by atoms with Crippen molar-refractivity contribution in [3.63, 3.8) is 0 Å². The Bertz CT molecular complexity index is 424. The van der Waals surface area contributed by atoms with E-state index in [0.717, 1.165) is 5.69 Å². The van der Waals surface area contributed by atoms with Gasteiger partial charge < -0.3 is 9.64 Å². The van der Waals surface area contributed by atoms with Crippen LogP contribution in [-0.4, -0.2) is 26.7 Å². The Kier molecular flexibility index (Phi) is 5.18. The Morgan fingerprint density at radius 3 is 2.94 bits per heavy atom.